The van der Waals surface area contributed by atoms with Crippen LogP contribution < -0.4 is 0 Å². The van der Waals surface area contributed by atoms with Crippen molar-refractivity contribution in [2.24, 2.45) is 13.0 Å². The van der Waals surface area contributed by atoms with Crippen molar-refractivity contribution in [2.45, 2.75) is 24.0 Å². The lowest BCUT2D eigenvalue weighted by Crippen LogP contribution is -2.23. The van der Waals surface area contributed by atoms with E-state index >= 15 is 0 Å². The molecule has 0 spiro atoms. The second kappa shape index (κ2) is 8.71. The summed E-state index contributed by atoms with van der Waals surface area (Å²) in [4.78, 5) is 1.91. The zero-order chi connectivity index (χ0) is 22.9. The van der Waals surface area contributed by atoms with E-state index in [2.05, 4.69) is 10.00 Å². The molecule has 0 unspecified atom stereocenters. The Hall–Kier alpha value is -2.65. The van der Waals surface area contributed by atoms with E-state index in [9.17, 15) is 21.6 Å². The molecular formula is C23H24F3N3O2S. The van der Waals surface area contributed by atoms with E-state index in [0.29, 0.717) is 19.5 Å². The molecule has 0 aliphatic carbocycles. The minimum atomic E-state index is -4.57. The number of rotatable bonds is 6. The predicted octanol–water partition coefficient (Wildman–Crippen LogP) is 4.40. The molecule has 0 radical (unpaired) electrons. The van der Waals surface area contributed by atoms with E-state index in [1.807, 2.05) is 43.6 Å². The smallest absolute Gasteiger partial charge is 0.299 e. The quantitative estimate of drug-likeness (QED) is 0.544. The van der Waals surface area contributed by atoms with E-state index in [4.69, 9.17) is 0 Å². The maximum atomic E-state index is 12.9. The van der Waals surface area contributed by atoms with Crippen molar-refractivity contribution in [3.8, 4) is 11.3 Å². The van der Waals surface area contributed by atoms with Crippen LogP contribution in [0.1, 0.15) is 17.5 Å². The van der Waals surface area contributed by atoms with Gasteiger partial charge in [0.2, 0.25) is 0 Å². The highest BCUT2D eigenvalue weighted by Crippen LogP contribution is 2.31. The molecule has 4 rings (SSSR count). The van der Waals surface area contributed by atoms with E-state index in [0.717, 1.165) is 41.6 Å². The fraction of sp³-hybridized carbons (Fsp3) is 0.348. The monoisotopic (exact) mass is 463 g/mol. The molecular weight excluding hydrogens is 439 g/mol. The van der Waals surface area contributed by atoms with E-state index < -0.39 is 21.6 Å². The van der Waals surface area contributed by atoms with Gasteiger partial charge in [-0.1, -0.05) is 30.3 Å². The number of nitrogens with zero attached hydrogens (tertiary/aromatic N) is 3. The minimum absolute atomic E-state index is 0.109. The summed E-state index contributed by atoms with van der Waals surface area (Å²) in [6, 6.07) is 14.1. The maximum absolute atomic E-state index is 12.9. The van der Waals surface area contributed by atoms with Crippen LogP contribution in [0.5, 0.6) is 0 Å². The van der Waals surface area contributed by atoms with Crippen molar-refractivity contribution < 1.29 is 21.6 Å². The van der Waals surface area contributed by atoms with Gasteiger partial charge in [0, 0.05) is 31.9 Å². The largest absolute Gasteiger partial charge is 0.416 e. The molecule has 1 aliphatic rings. The van der Waals surface area contributed by atoms with Crippen LogP contribution in [-0.2, 0) is 29.6 Å². The maximum Gasteiger partial charge on any atom is 0.416 e. The molecule has 9 heteroatoms. The van der Waals surface area contributed by atoms with Crippen molar-refractivity contribution >= 4 is 9.84 Å². The molecule has 1 atom stereocenters. The molecule has 2 heterocycles. The number of halogens is 3. The first kappa shape index (κ1) is 22.5. The van der Waals surface area contributed by atoms with Gasteiger partial charge in [0.25, 0.3) is 0 Å². The Morgan fingerprint density at radius 2 is 1.84 bits per heavy atom. The molecule has 2 aromatic carbocycles. The van der Waals surface area contributed by atoms with E-state index in [-0.39, 0.29) is 16.6 Å². The first-order chi connectivity index (χ1) is 15.1. The SMILES string of the molecule is Cn1ccc(-c2ccc(CN3CC[C@@H](CS(=O)(=O)c4cccc(C(F)(F)F)c4)C3)cc2)n1. The molecule has 0 N–H and O–H groups in total. The number of aryl methyl sites for hydroxylation is 1. The first-order valence-corrected chi connectivity index (χ1v) is 12.0. The molecule has 3 aromatic rings. The summed E-state index contributed by atoms with van der Waals surface area (Å²) in [6.07, 6.45) is -1.98. The number of benzene rings is 2. The molecule has 0 saturated carbocycles. The van der Waals surface area contributed by atoms with Gasteiger partial charge in [-0.2, -0.15) is 18.3 Å². The first-order valence-electron chi connectivity index (χ1n) is 10.3. The lowest BCUT2D eigenvalue weighted by Gasteiger charge is -2.17. The van der Waals surface area contributed by atoms with Crippen LogP contribution >= 0.6 is 0 Å². The molecule has 0 bridgehead atoms. The summed E-state index contributed by atoms with van der Waals surface area (Å²) in [5.74, 6) is -0.258. The highest BCUT2D eigenvalue weighted by molar-refractivity contribution is 7.91. The Kier molecular flexibility index (Phi) is 6.13. The zero-order valence-electron chi connectivity index (χ0n) is 17.6. The summed E-state index contributed by atoms with van der Waals surface area (Å²) in [6.45, 7) is 2.05. The third kappa shape index (κ3) is 5.21. The summed E-state index contributed by atoms with van der Waals surface area (Å²) in [5.41, 5.74) is 2.10. The van der Waals surface area contributed by atoms with Crippen LogP contribution in [0.4, 0.5) is 13.2 Å². The molecule has 1 fully saturated rings. The lowest BCUT2D eigenvalue weighted by atomic mass is 10.1. The average Bonchev–Trinajstić information content (AvgIpc) is 3.36. The van der Waals surface area contributed by atoms with Crippen LogP contribution in [-0.4, -0.2) is 41.9 Å². The van der Waals surface area contributed by atoms with Crippen LogP contribution in [0.2, 0.25) is 0 Å². The topological polar surface area (TPSA) is 55.2 Å². The van der Waals surface area contributed by atoms with Gasteiger partial charge in [0.1, 0.15) is 0 Å². The third-order valence-electron chi connectivity index (χ3n) is 5.72. The van der Waals surface area contributed by atoms with Crippen LogP contribution in [0.15, 0.2) is 65.7 Å². The van der Waals surface area contributed by atoms with Crippen LogP contribution in [0.25, 0.3) is 11.3 Å². The zero-order valence-corrected chi connectivity index (χ0v) is 18.4. The van der Waals surface area contributed by atoms with Gasteiger partial charge in [0.15, 0.2) is 9.84 Å². The fourth-order valence-corrected chi connectivity index (χ4v) is 5.75. The Balaban J connectivity index is 1.36. The normalized spacial score (nSPS) is 17.7. The second-order valence-electron chi connectivity index (χ2n) is 8.27. The molecule has 1 saturated heterocycles. The van der Waals surface area contributed by atoms with Crippen molar-refractivity contribution in [1.82, 2.24) is 14.7 Å². The van der Waals surface area contributed by atoms with Gasteiger partial charge in [-0.3, -0.25) is 9.58 Å². The number of alkyl halides is 3. The Bertz CT molecular complexity index is 1190. The van der Waals surface area contributed by atoms with E-state index in [1.165, 1.54) is 6.07 Å². The number of hydrogen-bond donors (Lipinski definition) is 0. The Morgan fingerprint density at radius 1 is 1.09 bits per heavy atom. The summed E-state index contributed by atoms with van der Waals surface area (Å²) in [5, 5.41) is 4.39. The summed E-state index contributed by atoms with van der Waals surface area (Å²) >= 11 is 0. The Morgan fingerprint density at radius 3 is 2.50 bits per heavy atom. The van der Waals surface area contributed by atoms with Gasteiger partial charge in [-0.25, -0.2) is 8.42 Å². The average molecular weight is 464 g/mol. The standard InChI is InChI=1S/C23H24F3N3O2S/c1-28-11-10-22(27-28)19-7-5-17(6-8-19)14-29-12-9-18(15-29)16-32(30,31)21-4-2-3-20(13-21)23(24,25)26/h2-8,10-11,13,18H,9,12,14-16H2,1H3/t18-/m1/s1. The van der Waals surface area contributed by atoms with Crippen molar-refractivity contribution in [1.29, 1.82) is 0 Å². The van der Waals surface area contributed by atoms with Crippen molar-refractivity contribution in [2.75, 3.05) is 18.8 Å². The van der Waals surface area contributed by atoms with Gasteiger partial charge >= 0.3 is 6.18 Å². The molecule has 170 valence electrons. The predicted molar refractivity (Wildman–Crippen MR) is 116 cm³/mol. The van der Waals surface area contributed by atoms with Crippen molar-refractivity contribution in [3.05, 3.63) is 71.9 Å². The van der Waals surface area contributed by atoms with Crippen LogP contribution in [0.3, 0.4) is 0 Å². The number of likely N-dealkylation sites (tertiary alicyclic amines) is 1. The van der Waals surface area contributed by atoms with Crippen LogP contribution in [0, 0.1) is 5.92 Å². The van der Waals surface area contributed by atoms with Gasteiger partial charge < -0.3 is 0 Å². The fourth-order valence-electron chi connectivity index (χ4n) is 4.07. The van der Waals surface area contributed by atoms with Gasteiger partial charge in [-0.15, -0.1) is 0 Å². The highest BCUT2D eigenvalue weighted by atomic mass is 32.2. The third-order valence-corrected chi connectivity index (χ3v) is 7.60. The van der Waals surface area contributed by atoms with Gasteiger partial charge in [0.05, 0.1) is 21.9 Å². The number of hydrogen-bond acceptors (Lipinski definition) is 4. The number of aromatic nitrogens is 2. The van der Waals surface area contributed by atoms with Gasteiger partial charge in [-0.05, 0) is 48.7 Å². The second-order valence-corrected chi connectivity index (χ2v) is 10.3. The summed E-state index contributed by atoms with van der Waals surface area (Å²) in [7, 11) is -1.92. The lowest BCUT2D eigenvalue weighted by molar-refractivity contribution is -0.137. The summed E-state index contributed by atoms with van der Waals surface area (Å²) < 4.78 is 66.0. The molecule has 1 aromatic heterocycles. The minimum Gasteiger partial charge on any atom is -0.299 e. The molecule has 5 nitrogen and oxygen atoms in total. The molecule has 0 amide bonds. The molecule has 32 heavy (non-hydrogen) atoms. The van der Waals surface area contributed by atoms with Crippen molar-refractivity contribution in [3.63, 3.8) is 0 Å². The number of sulfone groups is 1. The molecule has 1 aliphatic heterocycles. The van der Waals surface area contributed by atoms with E-state index in [1.54, 1.807) is 4.68 Å². The highest BCUT2D eigenvalue weighted by Gasteiger charge is 2.33. The Labute approximate surface area is 185 Å².